The first-order chi connectivity index (χ1) is 7.31. The largest absolute Gasteiger partial charge is 0.396 e. The number of rotatable bonds is 3. The lowest BCUT2D eigenvalue weighted by atomic mass is 10.0. The van der Waals surface area contributed by atoms with Gasteiger partial charge in [0.05, 0.1) is 11.6 Å². The molecule has 1 aliphatic heterocycles. The van der Waals surface area contributed by atoms with E-state index in [4.69, 9.17) is 5.11 Å². The number of thiazole rings is 1. The smallest absolute Gasteiger partial charge is 0.0959 e. The van der Waals surface area contributed by atoms with Gasteiger partial charge in [0.25, 0.3) is 0 Å². The predicted octanol–water partition coefficient (Wildman–Crippen LogP) is 2.85. The summed E-state index contributed by atoms with van der Waals surface area (Å²) in [5.74, 6) is 3.47. The van der Waals surface area contributed by atoms with Gasteiger partial charge in [-0.3, -0.25) is 0 Å². The van der Waals surface area contributed by atoms with E-state index in [1.54, 1.807) is 11.3 Å². The zero-order chi connectivity index (χ0) is 10.7. The Bertz CT molecular complexity index is 307. The molecule has 1 aliphatic rings. The fraction of sp³-hybridized carbons (Fsp3) is 0.727. The summed E-state index contributed by atoms with van der Waals surface area (Å²) < 4.78 is 0. The lowest BCUT2D eigenvalue weighted by molar-refractivity contribution is 0.274. The highest BCUT2D eigenvalue weighted by Crippen LogP contribution is 2.35. The van der Waals surface area contributed by atoms with Crippen LogP contribution in [0.15, 0.2) is 6.20 Å². The van der Waals surface area contributed by atoms with E-state index in [0.29, 0.717) is 5.92 Å². The summed E-state index contributed by atoms with van der Waals surface area (Å²) >= 11 is 3.84. The van der Waals surface area contributed by atoms with Gasteiger partial charge in [-0.15, -0.1) is 11.3 Å². The van der Waals surface area contributed by atoms with Crippen molar-refractivity contribution in [1.29, 1.82) is 0 Å². The van der Waals surface area contributed by atoms with E-state index in [1.807, 2.05) is 24.9 Å². The Labute approximate surface area is 99.1 Å². The Balaban J connectivity index is 2.05. The minimum absolute atomic E-state index is 0.224. The first kappa shape index (κ1) is 11.4. The normalized spacial score (nSPS) is 20.4. The Morgan fingerprint density at radius 3 is 2.93 bits per heavy atom. The molecular formula is C11H17NOS2. The van der Waals surface area contributed by atoms with Crippen molar-refractivity contribution in [3.05, 3.63) is 16.1 Å². The Morgan fingerprint density at radius 2 is 2.27 bits per heavy atom. The molecule has 1 aromatic heterocycles. The maximum Gasteiger partial charge on any atom is 0.0959 e. The molecule has 0 aliphatic carbocycles. The summed E-state index contributed by atoms with van der Waals surface area (Å²) in [7, 11) is 0. The third kappa shape index (κ3) is 2.74. The molecule has 2 heterocycles. The molecule has 2 nitrogen and oxygen atoms in total. The van der Waals surface area contributed by atoms with Gasteiger partial charge in [-0.25, -0.2) is 4.98 Å². The maximum atomic E-state index is 9.08. The van der Waals surface area contributed by atoms with Crippen LogP contribution in [0.1, 0.15) is 41.5 Å². The summed E-state index contributed by atoms with van der Waals surface area (Å²) in [6.07, 6.45) is 4.49. The molecule has 1 atom stereocenters. The van der Waals surface area contributed by atoms with Crippen LogP contribution in [0, 0.1) is 0 Å². The van der Waals surface area contributed by atoms with Gasteiger partial charge in [0, 0.05) is 22.9 Å². The van der Waals surface area contributed by atoms with Crippen molar-refractivity contribution in [3.63, 3.8) is 0 Å². The first-order valence-corrected chi connectivity index (χ1v) is 7.42. The van der Waals surface area contributed by atoms with Crippen molar-refractivity contribution in [2.75, 3.05) is 18.1 Å². The fourth-order valence-corrected chi connectivity index (χ4v) is 3.99. The van der Waals surface area contributed by atoms with Crippen molar-refractivity contribution < 1.29 is 5.11 Å². The Hall–Kier alpha value is -0.0600. The van der Waals surface area contributed by atoms with E-state index in [9.17, 15) is 0 Å². The number of aliphatic hydroxyl groups excluding tert-OH is 1. The van der Waals surface area contributed by atoms with Gasteiger partial charge in [-0.05, 0) is 24.3 Å². The zero-order valence-electron chi connectivity index (χ0n) is 8.98. The van der Waals surface area contributed by atoms with Gasteiger partial charge in [0.15, 0.2) is 0 Å². The number of hydrogen-bond acceptors (Lipinski definition) is 4. The lowest BCUT2D eigenvalue weighted by Crippen LogP contribution is -2.07. The monoisotopic (exact) mass is 243 g/mol. The SMILES string of the molecule is CC(CO)c1cnc(C2CCSCC2)s1. The van der Waals surface area contributed by atoms with Crippen LogP contribution < -0.4 is 0 Å². The van der Waals surface area contributed by atoms with Crippen molar-refractivity contribution >= 4 is 23.1 Å². The van der Waals surface area contributed by atoms with Gasteiger partial charge in [0.2, 0.25) is 0 Å². The highest BCUT2D eigenvalue weighted by atomic mass is 32.2. The number of thioether (sulfide) groups is 1. The van der Waals surface area contributed by atoms with E-state index in [0.717, 1.165) is 0 Å². The van der Waals surface area contributed by atoms with Crippen LogP contribution >= 0.6 is 23.1 Å². The molecule has 4 heteroatoms. The highest BCUT2D eigenvalue weighted by molar-refractivity contribution is 7.99. The molecule has 0 radical (unpaired) electrons. The second-order valence-electron chi connectivity index (χ2n) is 4.07. The van der Waals surface area contributed by atoms with E-state index >= 15 is 0 Å². The van der Waals surface area contributed by atoms with Crippen molar-refractivity contribution in [3.8, 4) is 0 Å². The van der Waals surface area contributed by atoms with Crippen molar-refractivity contribution in [2.45, 2.75) is 31.6 Å². The van der Waals surface area contributed by atoms with Crippen LogP contribution in [0.2, 0.25) is 0 Å². The van der Waals surface area contributed by atoms with Crippen LogP contribution in [0.4, 0.5) is 0 Å². The maximum absolute atomic E-state index is 9.08. The van der Waals surface area contributed by atoms with Crippen LogP contribution in [-0.2, 0) is 0 Å². The molecule has 1 saturated heterocycles. The van der Waals surface area contributed by atoms with Crippen LogP contribution in [-0.4, -0.2) is 28.2 Å². The van der Waals surface area contributed by atoms with E-state index in [1.165, 1.54) is 34.2 Å². The molecular weight excluding hydrogens is 226 g/mol. The number of nitrogens with zero attached hydrogens (tertiary/aromatic N) is 1. The molecule has 0 spiro atoms. The topological polar surface area (TPSA) is 33.1 Å². The van der Waals surface area contributed by atoms with Gasteiger partial charge >= 0.3 is 0 Å². The Kier molecular flexibility index (Phi) is 4.05. The van der Waals surface area contributed by atoms with E-state index < -0.39 is 0 Å². The average Bonchev–Trinajstić information content (AvgIpc) is 2.78. The van der Waals surface area contributed by atoms with Crippen LogP contribution in [0.3, 0.4) is 0 Å². The minimum Gasteiger partial charge on any atom is -0.396 e. The molecule has 15 heavy (non-hydrogen) atoms. The van der Waals surface area contributed by atoms with Crippen LogP contribution in [0.5, 0.6) is 0 Å². The average molecular weight is 243 g/mol. The summed E-state index contributed by atoms with van der Waals surface area (Å²) in [6, 6.07) is 0. The second kappa shape index (κ2) is 5.32. The van der Waals surface area contributed by atoms with E-state index in [2.05, 4.69) is 4.98 Å². The van der Waals surface area contributed by atoms with Crippen molar-refractivity contribution in [2.24, 2.45) is 0 Å². The molecule has 0 amide bonds. The third-order valence-electron chi connectivity index (χ3n) is 2.87. The van der Waals surface area contributed by atoms with E-state index in [-0.39, 0.29) is 12.5 Å². The fourth-order valence-electron chi connectivity index (χ4n) is 1.75. The van der Waals surface area contributed by atoms with Crippen LogP contribution in [0.25, 0.3) is 0 Å². The number of aromatic nitrogens is 1. The molecule has 1 aromatic rings. The Morgan fingerprint density at radius 1 is 1.53 bits per heavy atom. The number of aliphatic hydroxyl groups is 1. The lowest BCUT2D eigenvalue weighted by Gasteiger charge is -2.18. The minimum atomic E-state index is 0.224. The highest BCUT2D eigenvalue weighted by Gasteiger charge is 2.19. The molecule has 0 aromatic carbocycles. The van der Waals surface area contributed by atoms with Crippen molar-refractivity contribution in [1.82, 2.24) is 4.98 Å². The summed E-state index contributed by atoms with van der Waals surface area (Å²) in [4.78, 5) is 5.73. The molecule has 0 saturated carbocycles. The quantitative estimate of drug-likeness (QED) is 0.886. The first-order valence-electron chi connectivity index (χ1n) is 5.45. The molecule has 1 fully saturated rings. The summed E-state index contributed by atoms with van der Waals surface area (Å²) in [5.41, 5.74) is 0. The zero-order valence-corrected chi connectivity index (χ0v) is 10.6. The van der Waals surface area contributed by atoms with Gasteiger partial charge in [-0.2, -0.15) is 11.8 Å². The molecule has 1 N–H and O–H groups in total. The summed E-state index contributed by atoms with van der Waals surface area (Å²) in [6.45, 7) is 2.27. The second-order valence-corrected chi connectivity index (χ2v) is 6.39. The number of hydrogen-bond donors (Lipinski definition) is 1. The molecule has 2 rings (SSSR count). The predicted molar refractivity (Wildman–Crippen MR) is 66.9 cm³/mol. The standard InChI is InChI=1S/C11H17NOS2/c1-8(7-13)10-6-12-11(15-10)9-2-4-14-5-3-9/h6,8-9,13H,2-5,7H2,1H3. The summed E-state index contributed by atoms with van der Waals surface area (Å²) in [5, 5.41) is 10.4. The third-order valence-corrected chi connectivity index (χ3v) is 5.31. The molecule has 84 valence electrons. The van der Waals surface area contributed by atoms with Gasteiger partial charge in [-0.1, -0.05) is 6.92 Å². The molecule has 1 unspecified atom stereocenters. The van der Waals surface area contributed by atoms with Gasteiger partial charge in [0.1, 0.15) is 0 Å². The molecule has 0 bridgehead atoms. The van der Waals surface area contributed by atoms with Gasteiger partial charge < -0.3 is 5.11 Å².